The fourth-order valence-corrected chi connectivity index (χ4v) is 4.31. The van der Waals surface area contributed by atoms with Gasteiger partial charge in [0, 0.05) is 12.6 Å². The topological polar surface area (TPSA) is 35.2 Å². The standard InChI is InChI=1S/C19H29NO/c1-14-7-6-8-17(15(14)2)18(20)16-9-12-21-19(13-16)10-4-3-5-11-19/h6-8,16,18H,3-5,9-13,20H2,1-2H3. The van der Waals surface area contributed by atoms with Gasteiger partial charge in [-0.2, -0.15) is 0 Å². The third-order valence-electron chi connectivity index (χ3n) is 5.81. The van der Waals surface area contributed by atoms with Gasteiger partial charge in [-0.05, 0) is 62.1 Å². The van der Waals surface area contributed by atoms with Gasteiger partial charge < -0.3 is 10.5 Å². The van der Waals surface area contributed by atoms with Crippen LogP contribution in [0.4, 0.5) is 0 Å². The van der Waals surface area contributed by atoms with Gasteiger partial charge in [0.15, 0.2) is 0 Å². The van der Waals surface area contributed by atoms with E-state index in [9.17, 15) is 0 Å². The molecule has 1 aliphatic carbocycles. The monoisotopic (exact) mass is 287 g/mol. The number of ether oxygens (including phenoxy) is 1. The fourth-order valence-electron chi connectivity index (χ4n) is 4.31. The van der Waals surface area contributed by atoms with Gasteiger partial charge in [0.25, 0.3) is 0 Å². The predicted octanol–water partition coefficient (Wildman–Crippen LogP) is 4.43. The van der Waals surface area contributed by atoms with Crippen LogP contribution in [0.2, 0.25) is 0 Å². The molecule has 21 heavy (non-hydrogen) atoms. The molecule has 1 saturated carbocycles. The molecule has 1 aromatic carbocycles. The first-order chi connectivity index (χ1) is 10.1. The largest absolute Gasteiger partial charge is 0.375 e. The molecule has 1 saturated heterocycles. The van der Waals surface area contributed by atoms with Gasteiger partial charge in [0.1, 0.15) is 0 Å². The third-order valence-corrected chi connectivity index (χ3v) is 5.81. The summed E-state index contributed by atoms with van der Waals surface area (Å²) in [6, 6.07) is 6.70. The average Bonchev–Trinajstić information content (AvgIpc) is 2.50. The Morgan fingerprint density at radius 2 is 1.95 bits per heavy atom. The van der Waals surface area contributed by atoms with Gasteiger partial charge in [-0.3, -0.25) is 0 Å². The Kier molecular flexibility index (Phi) is 4.37. The second kappa shape index (κ2) is 6.10. The molecule has 0 bridgehead atoms. The third kappa shape index (κ3) is 3.02. The summed E-state index contributed by atoms with van der Waals surface area (Å²) in [4.78, 5) is 0. The van der Waals surface area contributed by atoms with Crippen molar-refractivity contribution in [1.82, 2.24) is 0 Å². The molecule has 1 aromatic rings. The van der Waals surface area contributed by atoms with Gasteiger partial charge in [0.2, 0.25) is 0 Å². The van der Waals surface area contributed by atoms with Crippen molar-refractivity contribution >= 4 is 0 Å². The average molecular weight is 287 g/mol. The van der Waals surface area contributed by atoms with Crippen molar-refractivity contribution in [3.05, 3.63) is 34.9 Å². The minimum Gasteiger partial charge on any atom is -0.375 e. The van der Waals surface area contributed by atoms with Crippen molar-refractivity contribution < 1.29 is 4.74 Å². The molecule has 2 aliphatic rings. The second-order valence-electron chi connectivity index (χ2n) is 7.16. The van der Waals surface area contributed by atoms with Gasteiger partial charge >= 0.3 is 0 Å². The normalized spacial score (nSPS) is 26.7. The van der Waals surface area contributed by atoms with E-state index in [0.717, 1.165) is 19.4 Å². The van der Waals surface area contributed by atoms with Crippen molar-refractivity contribution in [1.29, 1.82) is 0 Å². The number of aryl methyl sites for hydroxylation is 1. The Hall–Kier alpha value is -0.860. The van der Waals surface area contributed by atoms with Crippen LogP contribution in [0.25, 0.3) is 0 Å². The Balaban J connectivity index is 1.78. The molecule has 1 heterocycles. The highest BCUT2D eigenvalue weighted by molar-refractivity contribution is 5.35. The quantitative estimate of drug-likeness (QED) is 0.873. The fraction of sp³-hybridized carbons (Fsp3) is 0.684. The summed E-state index contributed by atoms with van der Waals surface area (Å²) in [6.07, 6.45) is 8.76. The summed E-state index contributed by atoms with van der Waals surface area (Å²) in [5.41, 5.74) is 10.9. The van der Waals surface area contributed by atoms with Gasteiger partial charge in [0.05, 0.1) is 5.60 Å². The van der Waals surface area contributed by atoms with Gasteiger partial charge in [-0.15, -0.1) is 0 Å². The van der Waals surface area contributed by atoms with Crippen molar-refractivity contribution in [2.24, 2.45) is 11.7 Å². The molecule has 0 radical (unpaired) electrons. The smallest absolute Gasteiger partial charge is 0.0685 e. The number of hydrogen-bond donors (Lipinski definition) is 1. The minimum atomic E-state index is 0.149. The van der Waals surface area contributed by atoms with Crippen LogP contribution in [0.15, 0.2) is 18.2 Å². The summed E-state index contributed by atoms with van der Waals surface area (Å²) >= 11 is 0. The van der Waals surface area contributed by atoms with Crippen LogP contribution in [0.1, 0.15) is 67.7 Å². The maximum Gasteiger partial charge on any atom is 0.0685 e. The highest BCUT2D eigenvalue weighted by Crippen LogP contribution is 2.44. The lowest BCUT2D eigenvalue weighted by atomic mass is 9.73. The second-order valence-corrected chi connectivity index (χ2v) is 7.16. The van der Waals surface area contributed by atoms with E-state index < -0.39 is 0 Å². The van der Waals surface area contributed by atoms with Gasteiger partial charge in [-0.1, -0.05) is 37.5 Å². The highest BCUT2D eigenvalue weighted by atomic mass is 16.5. The van der Waals surface area contributed by atoms with E-state index in [4.69, 9.17) is 10.5 Å². The summed E-state index contributed by atoms with van der Waals surface area (Å²) in [5.74, 6) is 0.567. The van der Waals surface area contributed by atoms with E-state index in [0.29, 0.717) is 5.92 Å². The molecular weight excluding hydrogens is 258 g/mol. The van der Waals surface area contributed by atoms with E-state index in [-0.39, 0.29) is 11.6 Å². The van der Waals surface area contributed by atoms with Crippen LogP contribution >= 0.6 is 0 Å². The maximum atomic E-state index is 6.67. The Labute approximate surface area is 129 Å². The molecule has 0 aromatic heterocycles. The molecule has 2 unspecified atom stereocenters. The highest BCUT2D eigenvalue weighted by Gasteiger charge is 2.40. The predicted molar refractivity (Wildman–Crippen MR) is 87.3 cm³/mol. The molecule has 116 valence electrons. The van der Waals surface area contributed by atoms with Crippen LogP contribution in [-0.2, 0) is 4.74 Å². The van der Waals surface area contributed by atoms with E-state index in [1.807, 2.05) is 0 Å². The molecule has 2 atom stereocenters. The molecule has 2 nitrogen and oxygen atoms in total. The summed E-state index contributed by atoms with van der Waals surface area (Å²) < 4.78 is 6.22. The maximum absolute atomic E-state index is 6.67. The summed E-state index contributed by atoms with van der Waals surface area (Å²) in [7, 11) is 0. The molecular formula is C19H29NO. The number of nitrogens with two attached hydrogens (primary N) is 1. The first kappa shape index (κ1) is 15.1. The first-order valence-electron chi connectivity index (χ1n) is 8.57. The molecule has 3 rings (SSSR count). The molecule has 0 amide bonds. The number of hydrogen-bond acceptors (Lipinski definition) is 2. The van der Waals surface area contributed by atoms with Crippen LogP contribution < -0.4 is 5.73 Å². The molecule has 1 aliphatic heterocycles. The van der Waals surface area contributed by atoms with E-state index in [2.05, 4.69) is 32.0 Å². The SMILES string of the molecule is Cc1cccc(C(N)C2CCOC3(CCCCC3)C2)c1C. The lowest BCUT2D eigenvalue weighted by molar-refractivity contribution is -0.120. The Bertz CT molecular complexity index is 485. The molecule has 2 heteroatoms. The zero-order valence-corrected chi connectivity index (χ0v) is 13.5. The van der Waals surface area contributed by atoms with Crippen LogP contribution in [0, 0.1) is 19.8 Å². The molecule has 2 N–H and O–H groups in total. The minimum absolute atomic E-state index is 0.149. The zero-order valence-electron chi connectivity index (χ0n) is 13.5. The molecule has 2 fully saturated rings. The summed E-state index contributed by atoms with van der Waals surface area (Å²) in [5, 5.41) is 0. The van der Waals surface area contributed by atoms with Crippen molar-refractivity contribution in [2.45, 2.75) is 70.4 Å². The van der Waals surface area contributed by atoms with Crippen LogP contribution in [0.5, 0.6) is 0 Å². The van der Waals surface area contributed by atoms with Crippen LogP contribution in [-0.4, -0.2) is 12.2 Å². The lowest BCUT2D eigenvalue weighted by Crippen LogP contribution is -2.44. The zero-order chi connectivity index (χ0) is 14.9. The van der Waals surface area contributed by atoms with Crippen molar-refractivity contribution in [3.63, 3.8) is 0 Å². The number of benzene rings is 1. The van der Waals surface area contributed by atoms with Crippen LogP contribution in [0.3, 0.4) is 0 Å². The van der Waals surface area contributed by atoms with Crippen molar-refractivity contribution in [2.75, 3.05) is 6.61 Å². The van der Waals surface area contributed by atoms with Gasteiger partial charge in [-0.25, -0.2) is 0 Å². The first-order valence-corrected chi connectivity index (χ1v) is 8.57. The van der Waals surface area contributed by atoms with E-state index in [1.165, 1.54) is 48.8 Å². The van der Waals surface area contributed by atoms with E-state index in [1.54, 1.807) is 0 Å². The van der Waals surface area contributed by atoms with Crippen molar-refractivity contribution in [3.8, 4) is 0 Å². The lowest BCUT2D eigenvalue weighted by Gasteiger charge is -2.45. The number of rotatable bonds is 2. The van der Waals surface area contributed by atoms with E-state index >= 15 is 0 Å². The summed E-state index contributed by atoms with van der Waals surface area (Å²) in [6.45, 7) is 5.28. The Morgan fingerprint density at radius 3 is 2.71 bits per heavy atom. The Morgan fingerprint density at radius 1 is 1.19 bits per heavy atom. The molecule has 1 spiro atoms.